The third-order valence-corrected chi connectivity index (χ3v) is 3.59. The van der Waals surface area contributed by atoms with E-state index < -0.39 is 5.97 Å². The minimum Gasteiger partial charge on any atom is -0.464 e. The summed E-state index contributed by atoms with van der Waals surface area (Å²) >= 11 is 2.16. The van der Waals surface area contributed by atoms with Gasteiger partial charge >= 0.3 is 5.97 Å². The van der Waals surface area contributed by atoms with Crippen molar-refractivity contribution in [2.45, 2.75) is 0 Å². The summed E-state index contributed by atoms with van der Waals surface area (Å²) in [6.07, 6.45) is 1.58. The molecule has 22 heavy (non-hydrogen) atoms. The maximum absolute atomic E-state index is 12.2. The van der Waals surface area contributed by atoms with E-state index in [2.05, 4.69) is 27.9 Å². The molecule has 2 aromatic rings. The predicted molar refractivity (Wildman–Crippen MR) is 93.1 cm³/mol. The van der Waals surface area contributed by atoms with Crippen molar-refractivity contribution in [3.05, 3.63) is 75.0 Å². The van der Waals surface area contributed by atoms with Crippen LogP contribution >= 0.6 is 22.6 Å². The van der Waals surface area contributed by atoms with Crippen molar-refractivity contribution < 1.29 is 14.3 Å². The molecule has 1 amide bonds. The highest BCUT2D eigenvalue weighted by Crippen LogP contribution is 2.10. The lowest BCUT2D eigenvalue weighted by atomic mass is 10.1. The zero-order valence-electron chi connectivity index (χ0n) is 11.9. The van der Waals surface area contributed by atoms with Gasteiger partial charge in [-0.15, -0.1) is 0 Å². The van der Waals surface area contributed by atoms with E-state index in [0.717, 1.165) is 9.13 Å². The fourth-order valence-electron chi connectivity index (χ4n) is 1.77. The zero-order chi connectivity index (χ0) is 15.9. The van der Waals surface area contributed by atoms with Crippen LogP contribution in [-0.2, 0) is 9.53 Å². The normalized spacial score (nSPS) is 10.9. The highest BCUT2D eigenvalue weighted by molar-refractivity contribution is 14.1. The van der Waals surface area contributed by atoms with Crippen LogP contribution in [0.5, 0.6) is 0 Å². The van der Waals surface area contributed by atoms with Gasteiger partial charge in [0.2, 0.25) is 0 Å². The molecule has 0 radical (unpaired) electrons. The molecule has 0 saturated carbocycles. The molecule has 0 fully saturated rings. The molecule has 0 unspecified atom stereocenters. The topological polar surface area (TPSA) is 55.4 Å². The van der Waals surface area contributed by atoms with E-state index in [0.29, 0.717) is 5.56 Å². The van der Waals surface area contributed by atoms with Crippen molar-refractivity contribution >= 4 is 40.5 Å². The molecule has 112 valence electrons. The van der Waals surface area contributed by atoms with Crippen molar-refractivity contribution in [2.75, 3.05) is 7.11 Å². The lowest BCUT2D eigenvalue weighted by molar-refractivity contribution is -0.136. The number of nitrogens with one attached hydrogen (secondary N) is 1. The lowest BCUT2D eigenvalue weighted by Gasteiger charge is -2.08. The van der Waals surface area contributed by atoms with Gasteiger partial charge in [-0.1, -0.05) is 30.3 Å². The molecule has 0 heterocycles. The summed E-state index contributed by atoms with van der Waals surface area (Å²) in [5, 5.41) is 2.60. The highest BCUT2D eigenvalue weighted by atomic mass is 127. The van der Waals surface area contributed by atoms with E-state index in [4.69, 9.17) is 4.74 Å². The molecule has 1 N–H and O–H groups in total. The van der Waals surface area contributed by atoms with Crippen molar-refractivity contribution in [2.24, 2.45) is 0 Å². The minimum absolute atomic E-state index is 0.0947. The molecule has 4 nitrogen and oxygen atoms in total. The Kier molecular flexibility index (Phi) is 5.71. The van der Waals surface area contributed by atoms with E-state index in [1.807, 2.05) is 42.5 Å². The monoisotopic (exact) mass is 407 g/mol. The molecule has 0 aliphatic heterocycles. The van der Waals surface area contributed by atoms with E-state index in [-0.39, 0.29) is 11.6 Å². The Hall–Kier alpha value is -2.15. The summed E-state index contributed by atoms with van der Waals surface area (Å²) in [5.74, 6) is -0.952. The van der Waals surface area contributed by atoms with E-state index in [1.165, 1.54) is 7.11 Å². The number of halogens is 1. The summed E-state index contributed by atoms with van der Waals surface area (Å²) in [6, 6.07) is 16.3. The SMILES string of the molecule is COC(=O)C(=Cc1ccccc1)NC(=O)c1ccc(I)cc1. The molecule has 0 aliphatic carbocycles. The van der Waals surface area contributed by atoms with Gasteiger partial charge in [0.15, 0.2) is 0 Å². The Labute approximate surface area is 142 Å². The fraction of sp³-hybridized carbons (Fsp3) is 0.0588. The van der Waals surface area contributed by atoms with E-state index in [9.17, 15) is 9.59 Å². The smallest absolute Gasteiger partial charge is 0.354 e. The summed E-state index contributed by atoms with van der Waals surface area (Å²) < 4.78 is 5.75. The largest absolute Gasteiger partial charge is 0.464 e. The first-order valence-electron chi connectivity index (χ1n) is 6.52. The molecule has 0 aliphatic rings. The van der Waals surface area contributed by atoms with Crippen LogP contribution in [0.2, 0.25) is 0 Å². The van der Waals surface area contributed by atoms with Gasteiger partial charge in [-0.3, -0.25) is 4.79 Å². The van der Waals surface area contributed by atoms with E-state index in [1.54, 1.807) is 18.2 Å². The third-order valence-electron chi connectivity index (χ3n) is 2.87. The van der Waals surface area contributed by atoms with Crippen LogP contribution in [0.4, 0.5) is 0 Å². The first kappa shape index (κ1) is 16.2. The predicted octanol–water partition coefficient (Wildman–Crippen LogP) is 3.24. The average Bonchev–Trinajstić information content (AvgIpc) is 2.55. The number of esters is 1. The number of amides is 1. The zero-order valence-corrected chi connectivity index (χ0v) is 14.0. The van der Waals surface area contributed by atoms with Crippen LogP contribution in [0.3, 0.4) is 0 Å². The van der Waals surface area contributed by atoms with Crippen molar-refractivity contribution in [3.63, 3.8) is 0 Å². The van der Waals surface area contributed by atoms with Crippen molar-refractivity contribution in [3.8, 4) is 0 Å². The maximum atomic E-state index is 12.2. The molecule has 0 aromatic heterocycles. The van der Waals surface area contributed by atoms with Gasteiger partial charge < -0.3 is 10.1 Å². The van der Waals surface area contributed by atoms with Gasteiger partial charge in [0.05, 0.1) is 7.11 Å². The summed E-state index contributed by atoms with van der Waals surface area (Å²) in [4.78, 5) is 24.0. The molecule has 2 aromatic carbocycles. The first-order valence-corrected chi connectivity index (χ1v) is 7.60. The van der Waals surface area contributed by atoms with Crippen LogP contribution in [0.25, 0.3) is 6.08 Å². The van der Waals surface area contributed by atoms with Gasteiger partial charge in [-0.25, -0.2) is 4.79 Å². The summed E-state index contributed by atoms with van der Waals surface area (Å²) in [7, 11) is 1.28. The molecule has 2 rings (SSSR count). The quantitative estimate of drug-likeness (QED) is 0.481. The Balaban J connectivity index is 2.24. The van der Waals surface area contributed by atoms with Gasteiger partial charge in [-0.05, 0) is 58.5 Å². The van der Waals surface area contributed by atoms with Crippen LogP contribution in [0.1, 0.15) is 15.9 Å². The first-order chi connectivity index (χ1) is 10.6. The molecule has 5 heteroatoms. The number of carbonyl (C=O) groups is 2. The highest BCUT2D eigenvalue weighted by Gasteiger charge is 2.14. The fourth-order valence-corrected chi connectivity index (χ4v) is 2.13. The van der Waals surface area contributed by atoms with E-state index >= 15 is 0 Å². The Morgan fingerprint density at radius 2 is 1.68 bits per heavy atom. The Bertz CT molecular complexity index is 694. The number of rotatable bonds is 4. The second kappa shape index (κ2) is 7.74. The maximum Gasteiger partial charge on any atom is 0.354 e. The number of ether oxygens (including phenoxy) is 1. The standard InChI is InChI=1S/C17H14INO3/c1-22-17(21)15(11-12-5-3-2-4-6-12)19-16(20)13-7-9-14(18)10-8-13/h2-11H,1H3,(H,19,20). The lowest BCUT2D eigenvalue weighted by Crippen LogP contribution is -2.28. The molecule has 0 bridgehead atoms. The van der Waals surface area contributed by atoms with Gasteiger partial charge in [-0.2, -0.15) is 0 Å². The molecular formula is C17H14INO3. The number of hydrogen-bond donors (Lipinski definition) is 1. The second-order valence-corrected chi connectivity index (χ2v) is 5.67. The summed E-state index contributed by atoms with van der Waals surface area (Å²) in [5.41, 5.74) is 1.37. The molecule has 0 atom stereocenters. The number of methoxy groups -OCH3 is 1. The van der Waals surface area contributed by atoms with Crippen LogP contribution in [0, 0.1) is 3.57 Å². The Morgan fingerprint density at radius 1 is 1.05 bits per heavy atom. The van der Waals surface area contributed by atoms with Crippen molar-refractivity contribution in [1.29, 1.82) is 0 Å². The minimum atomic E-state index is -0.595. The average molecular weight is 407 g/mol. The van der Waals surface area contributed by atoms with Gasteiger partial charge in [0.25, 0.3) is 5.91 Å². The molecular weight excluding hydrogens is 393 g/mol. The second-order valence-electron chi connectivity index (χ2n) is 4.42. The third kappa shape index (κ3) is 4.42. The van der Waals surface area contributed by atoms with Gasteiger partial charge in [0.1, 0.15) is 5.70 Å². The van der Waals surface area contributed by atoms with Crippen LogP contribution in [0.15, 0.2) is 60.3 Å². The van der Waals surface area contributed by atoms with Crippen LogP contribution < -0.4 is 5.32 Å². The number of carbonyl (C=O) groups excluding carboxylic acids is 2. The Morgan fingerprint density at radius 3 is 2.27 bits per heavy atom. The van der Waals surface area contributed by atoms with Crippen LogP contribution in [-0.4, -0.2) is 19.0 Å². The molecule has 0 spiro atoms. The number of benzene rings is 2. The van der Waals surface area contributed by atoms with Crippen molar-refractivity contribution in [1.82, 2.24) is 5.32 Å². The summed E-state index contributed by atoms with van der Waals surface area (Å²) in [6.45, 7) is 0. The number of hydrogen-bond acceptors (Lipinski definition) is 3. The van der Waals surface area contributed by atoms with Gasteiger partial charge in [0, 0.05) is 9.13 Å². The molecule has 0 saturated heterocycles.